The van der Waals surface area contributed by atoms with Gasteiger partial charge in [0.05, 0.1) is 25.2 Å². The van der Waals surface area contributed by atoms with E-state index < -0.39 is 0 Å². The van der Waals surface area contributed by atoms with Crippen LogP contribution in [0.3, 0.4) is 0 Å². The van der Waals surface area contributed by atoms with Gasteiger partial charge in [0, 0.05) is 30.2 Å². The second kappa shape index (κ2) is 4.72. The number of aromatic amines is 1. The highest BCUT2D eigenvalue weighted by molar-refractivity contribution is 5.82. The van der Waals surface area contributed by atoms with E-state index in [2.05, 4.69) is 34.6 Å². The minimum Gasteiger partial charge on any atom is -0.396 e. The van der Waals surface area contributed by atoms with Crippen molar-refractivity contribution in [3.63, 3.8) is 0 Å². The predicted molar refractivity (Wildman–Crippen MR) is 70.3 cm³/mol. The molecule has 0 atom stereocenters. The Hall–Kier alpha value is -1.36. The molecular weight excluding hydrogens is 228 g/mol. The highest BCUT2D eigenvalue weighted by Gasteiger charge is 2.37. The molecule has 2 heterocycles. The average Bonchev–Trinajstić information content (AvgIpc) is 2.81. The number of H-pyrrole nitrogens is 1. The summed E-state index contributed by atoms with van der Waals surface area (Å²) in [6.45, 7) is 3.12. The molecule has 0 bridgehead atoms. The van der Waals surface area contributed by atoms with Crippen LogP contribution in [0, 0.1) is 5.41 Å². The van der Waals surface area contributed by atoms with E-state index in [1.807, 2.05) is 6.20 Å². The van der Waals surface area contributed by atoms with Gasteiger partial charge in [-0.2, -0.15) is 0 Å². The van der Waals surface area contributed by atoms with Crippen molar-refractivity contribution in [1.29, 1.82) is 0 Å². The van der Waals surface area contributed by atoms with E-state index in [4.69, 9.17) is 4.74 Å². The van der Waals surface area contributed by atoms with E-state index in [9.17, 15) is 5.11 Å². The van der Waals surface area contributed by atoms with Gasteiger partial charge in [0.25, 0.3) is 0 Å². The Bertz CT molecular complexity index is 526. The summed E-state index contributed by atoms with van der Waals surface area (Å²) < 4.78 is 5.18. The molecule has 0 unspecified atom stereocenters. The number of benzene rings is 1. The molecule has 0 aliphatic carbocycles. The lowest BCUT2D eigenvalue weighted by atomic mass is 9.87. The third-order valence-electron chi connectivity index (χ3n) is 3.65. The smallest absolute Gasteiger partial charge is 0.0579 e. The van der Waals surface area contributed by atoms with Gasteiger partial charge in [-0.3, -0.25) is 0 Å². The Kier molecular flexibility index (Phi) is 3.07. The Morgan fingerprint density at radius 1 is 1.33 bits per heavy atom. The van der Waals surface area contributed by atoms with E-state index in [0.717, 1.165) is 18.6 Å². The van der Waals surface area contributed by atoms with Crippen molar-refractivity contribution in [2.45, 2.75) is 6.54 Å². The van der Waals surface area contributed by atoms with Crippen molar-refractivity contribution in [2.24, 2.45) is 5.41 Å². The molecular formula is C14H18N2O2. The summed E-state index contributed by atoms with van der Waals surface area (Å²) in [4.78, 5) is 3.21. The number of aliphatic hydroxyl groups excluding tert-OH is 1. The van der Waals surface area contributed by atoms with E-state index in [1.165, 1.54) is 10.9 Å². The van der Waals surface area contributed by atoms with Crippen LogP contribution in [-0.2, 0) is 11.3 Å². The molecule has 2 aromatic rings. The zero-order valence-electron chi connectivity index (χ0n) is 10.3. The van der Waals surface area contributed by atoms with Crippen LogP contribution >= 0.6 is 0 Å². The quantitative estimate of drug-likeness (QED) is 0.744. The molecule has 1 aliphatic rings. The van der Waals surface area contributed by atoms with Gasteiger partial charge in [-0.05, 0) is 17.7 Å². The number of fused-ring (bicyclic) bond motifs is 1. The third-order valence-corrected chi connectivity index (χ3v) is 3.65. The summed E-state index contributed by atoms with van der Waals surface area (Å²) in [5.74, 6) is 0. The monoisotopic (exact) mass is 246 g/mol. The minimum absolute atomic E-state index is 0.0635. The number of rotatable bonds is 5. The summed E-state index contributed by atoms with van der Waals surface area (Å²) in [6, 6.07) is 8.37. The van der Waals surface area contributed by atoms with Crippen LogP contribution in [0.2, 0.25) is 0 Å². The summed E-state index contributed by atoms with van der Waals surface area (Å²) in [6.07, 6.45) is 1.96. The fourth-order valence-electron chi connectivity index (χ4n) is 2.41. The molecule has 0 saturated carbocycles. The van der Waals surface area contributed by atoms with E-state index in [-0.39, 0.29) is 12.0 Å². The first-order valence-electron chi connectivity index (χ1n) is 6.27. The average molecular weight is 246 g/mol. The summed E-state index contributed by atoms with van der Waals surface area (Å²) in [5, 5.41) is 14.0. The van der Waals surface area contributed by atoms with Gasteiger partial charge in [-0.1, -0.05) is 12.1 Å². The van der Waals surface area contributed by atoms with Gasteiger partial charge in [0.2, 0.25) is 0 Å². The van der Waals surface area contributed by atoms with Crippen LogP contribution in [-0.4, -0.2) is 36.5 Å². The predicted octanol–water partition coefficient (Wildman–Crippen LogP) is 1.27. The van der Waals surface area contributed by atoms with Crippen molar-refractivity contribution in [3.8, 4) is 0 Å². The molecule has 1 aliphatic heterocycles. The topological polar surface area (TPSA) is 57.3 Å². The fourth-order valence-corrected chi connectivity index (χ4v) is 2.41. The maximum Gasteiger partial charge on any atom is 0.0579 e. The van der Waals surface area contributed by atoms with Crippen LogP contribution in [0.15, 0.2) is 30.5 Å². The molecule has 1 saturated heterocycles. The minimum atomic E-state index is -0.0635. The van der Waals surface area contributed by atoms with Crippen LogP contribution in [0.1, 0.15) is 5.56 Å². The molecule has 1 fully saturated rings. The molecule has 18 heavy (non-hydrogen) atoms. The van der Waals surface area contributed by atoms with E-state index in [1.54, 1.807) is 0 Å². The van der Waals surface area contributed by atoms with Gasteiger partial charge >= 0.3 is 0 Å². The molecule has 1 aromatic carbocycles. The number of nitrogens with one attached hydrogen (secondary N) is 2. The largest absolute Gasteiger partial charge is 0.396 e. The summed E-state index contributed by atoms with van der Waals surface area (Å²) in [5.41, 5.74) is 2.38. The zero-order valence-corrected chi connectivity index (χ0v) is 10.3. The number of hydrogen-bond acceptors (Lipinski definition) is 3. The molecule has 96 valence electrons. The zero-order chi connectivity index (χ0) is 12.4. The Morgan fingerprint density at radius 2 is 2.22 bits per heavy atom. The highest BCUT2D eigenvalue weighted by atomic mass is 16.5. The molecule has 3 N–H and O–H groups in total. The van der Waals surface area contributed by atoms with Gasteiger partial charge in [0.15, 0.2) is 0 Å². The van der Waals surface area contributed by atoms with E-state index in [0.29, 0.717) is 13.2 Å². The maximum absolute atomic E-state index is 9.35. The molecule has 1 aromatic heterocycles. The van der Waals surface area contributed by atoms with Crippen LogP contribution < -0.4 is 5.32 Å². The van der Waals surface area contributed by atoms with Gasteiger partial charge < -0.3 is 20.1 Å². The van der Waals surface area contributed by atoms with Crippen LogP contribution in [0.4, 0.5) is 0 Å². The highest BCUT2D eigenvalue weighted by Crippen LogP contribution is 2.26. The second-order valence-electron chi connectivity index (χ2n) is 5.11. The van der Waals surface area contributed by atoms with Crippen molar-refractivity contribution >= 4 is 10.9 Å². The fraction of sp³-hybridized carbons (Fsp3) is 0.429. The SMILES string of the molecule is OCC1(CNCc2cccc3[nH]ccc23)COC1. The number of aliphatic hydroxyl groups is 1. The first-order chi connectivity index (χ1) is 8.83. The third kappa shape index (κ3) is 2.03. The van der Waals surface area contributed by atoms with E-state index >= 15 is 0 Å². The molecule has 0 amide bonds. The lowest BCUT2D eigenvalue weighted by Crippen LogP contribution is -2.52. The first kappa shape index (κ1) is 11.7. The van der Waals surface area contributed by atoms with Crippen LogP contribution in [0.25, 0.3) is 10.9 Å². The first-order valence-corrected chi connectivity index (χ1v) is 6.27. The molecule has 4 nitrogen and oxygen atoms in total. The molecule has 0 radical (unpaired) electrons. The Morgan fingerprint density at radius 3 is 2.94 bits per heavy atom. The lowest BCUT2D eigenvalue weighted by Gasteiger charge is -2.40. The molecule has 3 rings (SSSR count). The lowest BCUT2D eigenvalue weighted by molar-refractivity contribution is -0.134. The van der Waals surface area contributed by atoms with Crippen molar-refractivity contribution < 1.29 is 9.84 Å². The van der Waals surface area contributed by atoms with Crippen LogP contribution in [0.5, 0.6) is 0 Å². The molecule has 0 spiro atoms. The van der Waals surface area contributed by atoms with Gasteiger partial charge in [0.1, 0.15) is 0 Å². The number of ether oxygens (including phenoxy) is 1. The van der Waals surface area contributed by atoms with Gasteiger partial charge in [-0.15, -0.1) is 0 Å². The standard InChI is InChI=1S/C14H18N2O2/c17-8-14(9-18-10-14)7-15-6-11-2-1-3-13-12(11)4-5-16-13/h1-5,15-17H,6-10H2. The Balaban J connectivity index is 1.64. The van der Waals surface area contributed by atoms with Gasteiger partial charge in [-0.25, -0.2) is 0 Å². The summed E-state index contributed by atoms with van der Waals surface area (Å²) >= 11 is 0. The maximum atomic E-state index is 9.35. The Labute approximate surface area is 106 Å². The van der Waals surface area contributed by atoms with Crippen molar-refractivity contribution in [3.05, 3.63) is 36.0 Å². The number of hydrogen-bond donors (Lipinski definition) is 3. The summed E-state index contributed by atoms with van der Waals surface area (Å²) in [7, 11) is 0. The molecule has 4 heteroatoms. The second-order valence-corrected chi connectivity index (χ2v) is 5.11. The normalized spacial score (nSPS) is 17.8. The van der Waals surface area contributed by atoms with Crippen molar-refractivity contribution in [1.82, 2.24) is 10.3 Å². The number of aromatic nitrogens is 1. The van der Waals surface area contributed by atoms with Crippen molar-refractivity contribution in [2.75, 3.05) is 26.4 Å².